The Hall–Kier alpha value is -3.63. The summed E-state index contributed by atoms with van der Waals surface area (Å²) < 4.78 is 32.6. The summed E-state index contributed by atoms with van der Waals surface area (Å²) in [6, 6.07) is 14.1. The number of methoxy groups -OCH3 is 1. The number of non-ortho nitro benzene ring substituents is 1. The van der Waals surface area contributed by atoms with Gasteiger partial charge in [-0.05, 0) is 43.3 Å². The highest BCUT2D eigenvalue weighted by Gasteiger charge is 2.18. The zero-order chi connectivity index (χ0) is 23.5. The van der Waals surface area contributed by atoms with Gasteiger partial charge in [0.25, 0.3) is 21.6 Å². The van der Waals surface area contributed by atoms with Crippen LogP contribution in [-0.2, 0) is 10.0 Å². The van der Waals surface area contributed by atoms with Crippen molar-refractivity contribution in [1.29, 1.82) is 0 Å². The molecule has 0 atom stereocenters. The van der Waals surface area contributed by atoms with Crippen molar-refractivity contribution in [3.63, 3.8) is 0 Å². The van der Waals surface area contributed by atoms with Gasteiger partial charge in [0.2, 0.25) is 0 Å². The Morgan fingerprint density at radius 3 is 2.31 bits per heavy atom. The fraction of sp³-hybridized carbons (Fsp3) is 0.0952. The van der Waals surface area contributed by atoms with E-state index < -0.39 is 20.9 Å². The fourth-order valence-electron chi connectivity index (χ4n) is 2.76. The fourth-order valence-corrected chi connectivity index (χ4v) is 4.13. The van der Waals surface area contributed by atoms with Crippen LogP contribution in [0.2, 0.25) is 5.02 Å². The Bertz CT molecular complexity index is 1290. The standard InChI is InChI=1S/C21H18ClN3O6S/c1-13-3-7-16(8-4-13)32(29,30)24-18-9-5-14(11-17(18)22)21(26)23-19-12-15(25(27)28)6-10-20(19)31-2/h3-12,24H,1-2H3,(H,23,26). The first-order valence-corrected chi connectivity index (χ1v) is 11.0. The average Bonchev–Trinajstić information content (AvgIpc) is 2.75. The molecule has 0 spiro atoms. The van der Waals surface area contributed by atoms with Crippen molar-refractivity contribution in [2.75, 3.05) is 17.1 Å². The van der Waals surface area contributed by atoms with E-state index in [1.807, 2.05) is 6.92 Å². The molecule has 3 rings (SSSR count). The number of rotatable bonds is 7. The molecule has 0 aliphatic rings. The first-order valence-electron chi connectivity index (χ1n) is 9.13. The molecule has 0 bridgehead atoms. The van der Waals surface area contributed by atoms with Crippen LogP contribution in [0.5, 0.6) is 5.75 Å². The van der Waals surface area contributed by atoms with E-state index in [9.17, 15) is 23.3 Å². The van der Waals surface area contributed by atoms with Crippen LogP contribution < -0.4 is 14.8 Å². The molecule has 3 aromatic rings. The van der Waals surface area contributed by atoms with Crippen molar-refractivity contribution in [1.82, 2.24) is 0 Å². The number of carbonyl (C=O) groups is 1. The molecule has 0 fully saturated rings. The summed E-state index contributed by atoms with van der Waals surface area (Å²) in [6.07, 6.45) is 0. The molecule has 0 aromatic heterocycles. The number of amides is 1. The van der Waals surface area contributed by atoms with Crippen molar-refractivity contribution in [3.8, 4) is 5.75 Å². The number of benzene rings is 3. The second kappa shape index (κ2) is 9.25. The molecule has 0 aliphatic heterocycles. The number of ether oxygens (including phenoxy) is 1. The van der Waals surface area contributed by atoms with Crippen LogP contribution in [0.15, 0.2) is 65.6 Å². The van der Waals surface area contributed by atoms with Crippen LogP contribution in [-0.4, -0.2) is 26.4 Å². The quantitative estimate of drug-likeness (QED) is 0.379. The molecule has 0 unspecified atom stereocenters. The number of anilines is 2. The van der Waals surface area contributed by atoms with Crippen LogP contribution in [0, 0.1) is 17.0 Å². The maximum Gasteiger partial charge on any atom is 0.271 e. The van der Waals surface area contributed by atoms with Crippen molar-refractivity contribution in [3.05, 3.63) is 86.9 Å². The number of nitro benzene ring substituents is 1. The summed E-state index contributed by atoms with van der Waals surface area (Å²) >= 11 is 6.20. The van der Waals surface area contributed by atoms with Gasteiger partial charge in [0.05, 0.1) is 33.3 Å². The van der Waals surface area contributed by atoms with E-state index in [1.165, 1.54) is 55.6 Å². The van der Waals surface area contributed by atoms with Gasteiger partial charge >= 0.3 is 0 Å². The first kappa shape index (κ1) is 23.0. The smallest absolute Gasteiger partial charge is 0.271 e. The Kier molecular flexibility index (Phi) is 6.66. The number of aryl methyl sites for hydroxylation is 1. The maximum atomic E-state index is 12.6. The minimum Gasteiger partial charge on any atom is -0.495 e. The Morgan fingerprint density at radius 1 is 1.03 bits per heavy atom. The molecule has 166 valence electrons. The first-order chi connectivity index (χ1) is 15.1. The SMILES string of the molecule is COc1ccc([N+](=O)[O-])cc1NC(=O)c1ccc(NS(=O)(=O)c2ccc(C)cc2)c(Cl)c1. The predicted octanol–water partition coefficient (Wildman–Crippen LogP) is 4.62. The van der Waals surface area contributed by atoms with Gasteiger partial charge in [-0.1, -0.05) is 29.3 Å². The van der Waals surface area contributed by atoms with Crippen molar-refractivity contribution >= 4 is 44.6 Å². The summed E-state index contributed by atoms with van der Waals surface area (Å²) in [5.41, 5.74) is 1.00. The molecule has 0 heterocycles. The van der Waals surface area contributed by atoms with E-state index in [0.29, 0.717) is 0 Å². The zero-order valence-electron chi connectivity index (χ0n) is 17.0. The molecule has 11 heteroatoms. The molecule has 0 saturated carbocycles. The van der Waals surface area contributed by atoms with Crippen LogP contribution in [0.4, 0.5) is 17.1 Å². The summed E-state index contributed by atoms with van der Waals surface area (Å²) in [4.78, 5) is 23.1. The van der Waals surface area contributed by atoms with Crippen LogP contribution in [0.3, 0.4) is 0 Å². The van der Waals surface area contributed by atoms with Gasteiger partial charge in [-0.15, -0.1) is 0 Å². The number of nitrogens with zero attached hydrogens (tertiary/aromatic N) is 1. The van der Waals surface area contributed by atoms with E-state index in [4.69, 9.17) is 16.3 Å². The van der Waals surface area contributed by atoms with Crippen LogP contribution in [0.25, 0.3) is 0 Å². The van der Waals surface area contributed by atoms with Crippen molar-refractivity contribution in [2.45, 2.75) is 11.8 Å². The minimum absolute atomic E-state index is 0.000607. The third-order valence-electron chi connectivity index (χ3n) is 4.45. The molecule has 0 saturated heterocycles. The Labute approximate surface area is 189 Å². The molecule has 2 N–H and O–H groups in total. The lowest BCUT2D eigenvalue weighted by Gasteiger charge is -2.12. The third-order valence-corrected chi connectivity index (χ3v) is 6.14. The van der Waals surface area contributed by atoms with Crippen LogP contribution >= 0.6 is 11.6 Å². The summed E-state index contributed by atoms with van der Waals surface area (Å²) in [5, 5.41) is 13.5. The lowest BCUT2D eigenvalue weighted by molar-refractivity contribution is -0.384. The van der Waals surface area contributed by atoms with Gasteiger partial charge in [-0.25, -0.2) is 8.42 Å². The molecular formula is C21H18ClN3O6S. The highest BCUT2D eigenvalue weighted by atomic mass is 35.5. The van der Waals surface area contributed by atoms with Gasteiger partial charge in [0.1, 0.15) is 5.75 Å². The normalized spacial score (nSPS) is 11.0. The summed E-state index contributed by atoms with van der Waals surface area (Å²) in [5.74, 6) is -0.379. The number of halogens is 1. The number of nitro groups is 1. The van der Waals surface area contributed by atoms with Crippen molar-refractivity contribution in [2.24, 2.45) is 0 Å². The Morgan fingerprint density at radius 2 is 1.72 bits per heavy atom. The number of hydrogen-bond donors (Lipinski definition) is 2. The second-order valence-electron chi connectivity index (χ2n) is 6.71. The van der Waals surface area contributed by atoms with E-state index in [0.717, 1.165) is 5.56 Å². The molecular weight excluding hydrogens is 458 g/mol. The van der Waals surface area contributed by atoms with Gasteiger partial charge in [0.15, 0.2) is 0 Å². The molecule has 0 aliphatic carbocycles. The Balaban J connectivity index is 1.82. The summed E-state index contributed by atoms with van der Waals surface area (Å²) in [6.45, 7) is 1.84. The molecule has 3 aromatic carbocycles. The molecule has 0 radical (unpaired) electrons. The van der Waals surface area contributed by atoms with Gasteiger partial charge < -0.3 is 10.1 Å². The molecule has 32 heavy (non-hydrogen) atoms. The lowest BCUT2D eigenvalue weighted by atomic mass is 10.2. The van der Waals surface area contributed by atoms with Gasteiger partial charge in [0, 0.05) is 17.7 Å². The van der Waals surface area contributed by atoms with E-state index >= 15 is 0 Å². The highest BCUT2D eigenvalue weighted by Crippen LogP contribution is 2.30. The lowest BCUT2D eigenvalue weighted by Crippen LogP contribution is -2.15. The molecule has 1 amide bonds. The predicted molar refractivity (Wildman–Crippen MR) is 121 cm³/mol. The van der Waals surface area contributed by atoms with Gasteiger partial charge in [-0.3, -0.25) is 19.6 Å². The highest BCUT2D eigenvalue weighted by molar-refractivity contribution is 7.92. The number of hydrogen-bond acceptors (Lipinski definition) is 6. The number of sulfonamides is 1. The maximum absolute atomic E-state index is 12.6. The van der Waals surface area contributed by atoms with E-state index in [2.05, 4.69) is 10.0 Å². The third kappa shape index (κ3) is 5.16. The van der Waals surface area contributed by atoms with Crippen molar-refractivity contribution < 1.29 is 22.9 Å². The largest absolute Gasteiger partial charge is 0.495 e. The van der Waals surface area contributed by atoms with Crippen LogP contribution in [0.1, 0.15) is 15.9 Å². The minimum atomic E-state index is -3.87. The van der Waals surface area contributed by atoms with E-state index in [1.54, 1.807) is 12.1 Å². The van der Waals surface area contributed by atoms with E-state index in [-0.39, 0.29) is 38.3 Å². The number of carbonyl (C=O) groups excluding carboxylic acids is 1. The molecule has 9 nitrogen and oxygen atoms in total. The zero-order valence-corrected chi connectivity index (χ0v) is 18.5. The topological polar surface area (TPSA) is 128 Å². The summed E-state index contributed by atoms with van der Waals surface area (Å²) in [7, 11) is -2.51. The average molecular weight is 476 g/mol. The monoisotopic (exact) mass is 475 g/mol. The number of nitrogens with one attached hydrogen (secondary N) is 2. The van der Waals surface area contributed by atoms with Gasteiger partial charge in [-0.2, -0.15) is 0 Å². The second-order valence-corrected chi connectivity index (χ2v) is 8.80.